The van der Waals surface area contributed by atoms with Gasteiger partial charge in [0.1, 0.15) is 5.54 Å². The average Bonchev–Trinajstić information content (AvgIpc) is 2.41. The van der Waals surface area contributed by atoms with Gasteiger partial charge < -0.3 is 19.9 Å². The lowest BCUT2D eigenvalue weighted by Gasteiger charge is -2.38. The minimum atomic E-state index is -0.808. The van der Waals surface area contributed by atoms with Crippen molar-refractivity contribution in [2.75, 3.05) is 19.8 Å². The highest BCUT2D eigenvalue weighted by molar-refractivity contribution is 5.79. The summed E-state index contributed by atoms with van der Waals surface area (Å²) in [5.74, 6) is -0.752. The Morgan fingerprint density at radius 2 is 2.20 bits per heavy atom. The number of carbonyl (C=O) groups is 1. The van der Waals surface area contributed by atoms with Gasteiger partial charge in [0.05, 0.1) is 25.4 Å². The first-order chi connectivity index (χ1) is 9.50. The van der Waals surface area contributed by atoms with E-state index in [0.29, 0.717) is 26.1 Å². The molecule has 0 bridgehead atoms. The molecule has 0 spiro atoms. The molecule has 1 saturated carbocycles. The molecule has 0 aliphatic heterocycles. The minimum Gasteiger partial charge on any atom is -0.480 e. The summed E-state index contributed by atoms with van der Waals surface area (Å²) in [7, 11) is 0. The van der Waals surface area contributed by atoms with Crippen LogP contribution in [-0.4, -0.2) is 48.6 Å². The fraction of sp³-hybridized carbons (Fsp3) is 0.933. The van der Waals surface area contributed by atoms with E-state index in [-0.39, 0.29) is 12.2 Å². The molecule has 1 aliphatic carbocycles. The molecule has 0 aromatic carbocycles. The van der Waals surface area contributed by atoms with Gasteiger partial charge in [0, 0.05) is 6.42 Å². The maximum absolute atomic E-state index is 11.6. The third-order valence-corrected chi connectivity index (χ3v) is 3.72. The number of carboxylic acid groups (broad SMARTS) is 1. The Balaban J connectivity index is 2.44. The highest BCUT2D eigenvalue weighted by Gasteiger charge is 2.42. The van der Waals surface area contributed by atoms with Crippen LogP contribution in [0.5, 0.6) is 0 Å². The van der Waals surface area contributed by atoms with Crippen LogP contribution in [0.4, 0.5) is 0 Å². The van der Waals surface area contributed by atoms with E-state index in [0.717, 1.165) is 25.8 Å². The van der Waals surface area contributed by atoms with Crippen LogP contribution in [0, 0.1) is 0 Å². The molecule has 5 heteroatoms. The van der Waals surface area contributed by atoms with Gasteiger partial charge in [-0.15, -0.1) is 0 Å². The largest absolute Gasteiger partial charge is 0.480 e. The first kappa shape index (κ1) is 17.4. The van der Waals surface area contributed by atoms with Gasteiger partial charge in [-0.3, -0.25) is 4.79 Å². The number of aliphatic carboxylic acids is 1. The molecule has 2 atom stereocenters. The zero-order valence-electron chi connectivity index (χ0n) is 13.0. The highest BCUT2D eigenvalue weighted by atomic mass is 16.5. The molecule has 0 aromatic rings. The number of carboxylic acids is 1. The molecule has 0 heterocycles. The van der Waals surface area contributed by atoms with Gasteiger partial charge in [-0.05, 0) is 46.1 Å². The summed E-state index contributed by atoms with van der Waals surface area (Å²) in [6, 6.07) is 0. The topological polar surface area (TPSA) is 67.8 Å². The van der Waals surface area contributed by atoms with Crippen molar-refractivity contribution < 1.29 is 19.4 Å². The molecule has 2 unspecified atom stereocenters. The molecular formula is C15H29NO4. The fourth-order valence-electron chi connectivity index (χ4n) is 2.66. The van der Waals surface area contributed by atoms with Crippen LogP contribution >= 0.6 is 0 Å². The molecule has 0 saturated heterocycles. The number of rotatable bonds is 9. The molecule has 0 aromatic heterocycles. The van der Waals surface area contributed by atoms with E-state index in [1.54, 1.807) is 0 Å². The number of ether oxygens (including phenoxy) is 2. The van der Waals surface area contributed by atoms with Gasteiger partial charge in [-0.25, -0.2) is 0 Å². The molecule has 118 valence electrons. The van der Waals surface area contributed by atoms with Crippen molar-refractivity contribution in [1.29, 1.82) is 0 Å². The minimum absolute atomic E-state index is 0.0139. The Labute approximate surface area is 122 Å². The molecule has 5 nitrogen and oxygen atoms in total. The SMILES string of the molecule is CCCNC1(C(=O)O)CCCC(OCCOC(C)C)C1. The summed E-state index contributed by atoms with van der Waals surface area (Å²) in [6.07, 6.45) is 4.20. The summed E-state index contributed by atoms with van der Waals surface area (Å²) >= 11 is 0. The smallest absolute Gasteiger partial charge is 0.323 e. The summed E-state index contributed by atoms with van der Waals surface area (Å²) in [5, 5.41) is 12.7. The van der Waals surface area contributed by atoms with Crippen LogP contribution in [0.25, 0.3) is 0 Å². The lowest BCUT2D eigenvalue weighted by molar-refractivity contribution is -0.149. The van der Waals surface area contributed by atoms with Crippen molar-refractivity contribution in [2.45, 2.75) is 70.6 Å². The van der Waals surface area contributed by atoms with Gasteiger partial charge in [0.25, 0.3) is 0 Å². The molecule has 1 aliphatic rings. The molecular weight excluding hydrogens is 258 g/mol. The second-order valence-corrected chi connectivity index (χ2v) is 5.82. The predicted molar refractivity (Wildman–Crippen MR) is 78.0 cm³/mol. The predicted octanol–water partition coefficient (Wildman–Crippen LogP) is 2.19. The molecule has 0 radical (unpaired) electrons. The Hall–Kier alpha value is -0.650. The quantitative estimate of drug-likeness (QED) is 0.636. The standard InChI is InChI=1S/C15H29NO4/c1-4-8-16-15(14(17)18)7-5-6-13(11-15)20-10-9-19-12(2)3/h12-13,16H,4-11H2,1-3H3,(H,17,18). The van der Waals surface area contributed by atoms with Crippen LogP contribution < -0.4 is 5.32 Å². The van der Waals surface area contributed by atoms with Crippen molar-refractivity contribution in [2.24, 2.45) is 0 Å². The summed E-state index contributed by atoms with van der Waals surface area (Å²) in [6.45, 7) is 7.86. The van der Waals surface area contributed by atoms with E-state index in [1.165, 1.54) is 0 Å². The van der Waals surface area contributed by atoms with Crippen LogP contribution in [0.1, 0.15) is 52.9 Å². The number of hydrogen-bond acceptors (Lipinski definition) is 4. The van der Waals surface area contributed by atoms with E-state index in [2.05, 4.69) is 5.32 Å². The fourth-order valence-corrected chi connectivity index (χ4v) is 2.66. The summed E-state index contributed by atoms with van der Waals surface area (Å²) < 4.78 is 11.2. The van der Waals surface area contributed by atoms with Crippen LogP contribution in [-0.2, 0) is 14.3 Å². The molecule has 1 rings (SSSR count). The third-order valence-electron chi connectivity index (χ3n) is 3.72. The lowest BCUT2D eigenvalue weighted by atomic mass is 9.80. The Morgan fingerprint density at radius 3 is 2.80 bits per heavy atom. The average molecular weight is 287 g/mol. The Morgan fingerprint density at radius 1 is 1.45 bits per heavy atom. The van der Waals surface area contributed by atoms with Gasteiger partial charge in [-0.2, -0.15) is 0 Å². The molecule has 2 N–H and O–H groups in total. The van der Waals surface area contributed by atoms with Crippen LogP contribution in [0.2, 0.25) is 0 Å². The number of nitrogens with one attached hydrogen (secondary N) is 1. The van der Waals surface area contributed by atoms with Crippen LogP contribution in [0.3, 0.4) is 0 Å². The van der Waals surface area contributed by atoms with E-state index in [1.807, 2.05) is 20.8 Å². The van der Waals surface area contributed by atoms with E-state index < -0.39 is 11.5 Å². The summed E-state index contributed by atoms with van der Waals surface area (Å²) in [4.78, 5) is 11.6. The van der Waals surface area contributed by atoms with Crippen molar-refractivity contribution in [3.8, 4) is 0 Å². The number of hydrogen-bond donors (Lipinski definition) is 2. The normalized spacial score (nSPS) is 26.9. The third kappa shape index (κ3) is 5.38. The molecule has 1 fully saturated rings. The van der Waals surface area contributed by atoms with Crippen molar-refractivity contribution >= 4 is 5.97 Å². The highest BCUT2D eigenvalue weighted by Crippen LogP contribution is 2.30. The van der Waals surface area contributed by atoms with Crippen LogP contribution in [0.15, 0.2) is 0 Å². The second kappa shape index (κ2) is 8.60. The first-order valence-electron chi connectivity index (χ1n) is 7.72. The van der Waals surface area contributed by atoms with E-state index in [4.69, 9.17) is 9.47 Å². The van der Waals surface area contributed by atoms with E-state index >= 15 is 0 Å². The van der Waals surface area contributed by atoms with Crippen molar-refractivity contribution in [1.82, 2.24) is 5.32 Å². The maximum atomic E-state index is 11.6. The monoisotopic (exact) mass is 287 g/mol. The van der Waals surface area contributed by atoms with Crippen molar-refractivity contribution in [3.05, 3.63) is 0 Å². The summed E-state index contributed by atoms with van der Waals surface area (Å²) in [5.41, 5.74) is -0.808. The van der Waals surface area contributed by atoms with Gasteiger partial charge in [-0.1, -0.05) is 6.92 Å². The van der Waals surface area contributed by atoms with Crippen molar-refractivity contribution in [3.63, 3.8) is 0 Å². The maximum Gasteiger partial charge on any atom is 0.323 e. The zero-order valence-corrected chi connectivity index (χ0v) is 13.0. The van der Waals surface area contributed by atoms with E-state index in [9.17, 15) is 9.90 Å². The van der Waals surface area contributed by atoms with Gasteiger partial charge >= 0.3 is 5.97 Å². The Bertz CT molecular complexity index is 296. The zero-order chi connectivity index (χ0) is 15.0. The van der Waals surface area contributed by atoms with Gasteiger partial charge in [0.15, 0.2) is 0 Å². The first-order valence-corrected chi connectivity index (χ1v) is 7.72. The molecule has 20 heavy (non-hydrogen) atoms. The Kier molecular flexibility index (Phi) is 7.48. The molecule has 0 amide bonds. The lowest BCUT2D eigenvalue weighted by Crippen LogP contribution is -2.56. The second-order valence-electron chi connectivity index (χ2n) is 5.82. The van der Waals surface area contributed by atoms with Gasteiger partial charge in [0.2, 0.25) is 0 Å².